The van der Waals surface area contributed by atoms with E-state index in [0.717, 1.165) is 25.6 Å². The Labute approximate surface area is 200 Å². The molecule has 0 N–H and O–H groups in total. The summed E-state index contributed by atoms with van der Waals surface area (Å²) in [6.07, 6.45) is 22.3. The van der Waals surface area contributed by atoms with Crippen LogP contribution in [-0.2, 0) is 16.1 Å². The molecule has 0 aromatic heterocycles. The number of ether oxygens (including phenoxy) is 2. The molecule has 2 heteroatoms. The van der Waals surface area contributed by atoms with Gasteiger partial charge in [-0.25, -0.2) is 0 Å². The van der Waals surface area contributed by atoms with E-state index in [1.807, 2.05) is 6.07 Å². The zero-order chi connectivity index (χ0) is 23.1. The molecule has 1 aromatic rings. The third-order valence-corrected chi connectivity index (χ3v) is 6.41. The first-order valence-electron chi connectivity index (χ1n) is 14.0. The highest BCUT2D eigenvalue weighted by atomic mass is 16.5. The fourth-order valence-electron chi connectivity index (χ4n) is 4.16. The van der Waals surface area contributed by atoms with Crippen LogP contribution in [0.4, 0.5) is 0 Å². The maximum atomic E-state index is 5.99. The van der Waals surface area contributed by atoms with Gasteiger partial charge in [0.1, 0.15) is 0 Å². The van der Waals surface area contributed by atoms with E-state index >= 15 is 0 Å². The van der Waals surface area contributed by atoms with Gasteiger partial charge in [-0.1, -0.05) is 141 Å². The molecule has 0 aliphatic rings. The van der Waals surface area contributed by atoms with Crippen molar-refractivity contribution in [3.63, 3.8) is 0 Å². The molecule has 1 unspecified atom stereocenters. The number of unbranched alkanes of at least 4 members (excludes halogenated alkanes) is 13. The van der Waals surface area contributed by atoms with Crippen LogP contribution in [0.25, 0.3) is 0 Å². The second-order valence-corrected chi connectivity index (χ2v) is 10.0. The zero-order valence-electron chi connectivity index (χ0n) is 21.8. The van der Waals surface area contributed by atoms with E-state index in [4.69, 9.17) is 9.47 Å². The van der Waals surface area contributed by atoms with Crippen molar-refractivity contribution in [3.05, 3.63) is 35.9 Å². The molecule has 0 bridgehead atoms. The van der Waals surface area contributed by atoms with Gasteiger partial charge < -0.3 is 9.47 Å². The highest BCUT2D eigenvalue weighted by Gasteiger charge is 2.07. The van der Waals surface area contributed by atoms with Crippen molar-refractivity contribution >= 4 is 0 Å². The van der Waals surface area contributed by atoms with Crippen molar-refractivity contribution < 1.29 is 9.47 Å². The van der Waals surface area contributed by atoms with Crippen molar-refractivity contribution in [2.75, 3.05) is 13.2 Å². The minimum atomic E-state index is 0.208. The summed E-state index contributed by atoms with van der Waals surface area (Å²) in [5, 5.41) is 0. The van der Waals surface area contributed by atoms with Gasteiger partial charge in [0, 0.05) is 6.61 Å². The molecule has 0 spiro atoms. The summed E-state index contributed by atoms with van der Waals surface area (Å²) < 4.78 is 11.9. The van der Waals surface area contributed by atoms with Crippen molar-refractivity contribution in [1.29, 1.82) is 0 Å². The maximum absolute atomic E-state index is 5.99. The monoisotopic (exact) mass is 446 g/mol. The minimum Gasteiger partial charge on any atom is -0.379 e. The first-order valence-corrected chi connectivity index (χ1v) is 14.0. The van der Waals surface area contributed by atoms with Crippen molar-refractivity contribution in [3.8, 4) is 0 Å². The molecule has 0 saturated carbocycles. The van der Waals surface area contributed by atoms with Gasteiger partial charge in [-0.05, 0) is 24.3 Å². The lowest BCUT2D eigenvalue weighted by Crippen LogP contribution is -2.19. The van der Waals surface area contributed by atoms with Crippen molar-refractivity contribution in [2.24, 2.45) is 5.92 Å². The van der Waals surface area contributed by atoms with Crippen LogP contribution in [0.5, 0.6) is 0 Å². The minimum absolute atomic E-state index is 0.208. The molecule has 1 aromatic carbocycles. The predicted octanol–water partition coefficient (Wildman–Crippen LogP) is 9.51. The second-order valence-electron chi connectivity index (χ2n) is 10.0. The first kappa shape index (κ1) is 29.2. The Balaban J connectivity index is 1.77. The number of benzene rings is 1. The normalized spacial score (nSPS) is 12.5. The number of rotatable bonds is 23. The molecule has 186 valence electrons. The first-order chi connectivity index (χ1) is 15.7. The van der Waals surface area contributed by atoms with Crippen LogP contribution in [0.1, 0.15) is 129 Å². The van der Waals surface area contributed by atoms with Crippen LogP contribution in [0.3, 0.4) is 0 Å². The van der Waals surface area contributed by atoms with Crippen LogP contribution in [-0.4, -0.2) is 19.3 Å². The van der Waals surface area contributed by atoms with E-state index in [2.05, 4.69) is 45.0 Å². The van der Waals surface area contributed by atoms with Gasteiger partial charge in [-0.2, -0.15) is 0 Å². The largest absolute Gasteiger partial charge is 0.379 e. The second kappa shape index (κ2) is 22.0. The predicted molar refractivity (Wildman–Crippen MR) is 140 cm³/mol. The molecule has 0 aliphatic carbocycles. The highest BCUT2D eigenvalue weighted by Crippen LogP contribution is 2.15. The van der Waals surface area contributed by atoms with Crippen molar-refractivity contribution in [2.45, 2.75) is 136 Å². The van der Waals surface area contributed by atoms with Crippen LogP contribution >= 0.6 is 0 Å². The Morgan fingerprint density at radius 1 is 0.656 bits per heavy atom. The summed E-state index contributed by atoms with van der Waals surface area (Å²) >= 11 is 0. The molecule has 0 fully saturated rings. The van der Waals surface area contributed by atoms with E-state index < -0.39 is 0 Å². The van der Waals surface area contributed by atoms with E-state index in [1.165, 1.54) is 102 Å². The average Bonchev–Trinajstić information content (AvgIpc) is 2.80. The van der Waals surface area contributed by atoms with E-state index in [-0.39, 0.29) is 6.10 Å². The SMILES string of the molecule is CCC(COCCCCCCCCCCCCCCCCC(C)C)OCc1ccccc1. The molecule has 0 radical (unpaired) electrons. The summed E-state index contributed by atoms with van der Waals surface area (Å²) in [4.78, 5) is 0. The van der Waals surface area contributed by atoms with Crippen LogP contribution in [0, 0.1) is 5.92 Å². The standard InChI is InChI=1S/C30H54O2/c1-4-30(32-26-29-23-19-17-20-24-29)27-31-25-21-16-14-12-10-8-6-5-7-9-11-13-15-18-22-28(2)3/h17,19-20,23-24,28,30H,4-16,18,21-22,25-27H2,1-3H3. The third-order valence-electron chi connectivity index (χ3n) is 6.41. The topological polar surface area (TPSA) is 18.5 Å². The molecule has 1 rings (SSSR count). The molecular formula is C30H54O2. The van der Waals surface area contributed by atoms with Crippen LogP contribution in [0.2, 0.25) is 0 Å². The Bertz CT molecular complexity index is 485. The molecule has 0 saturated heterocycles. The van der Waals surface area contributed by atoms with Gasteiger partial charge in [-0.3, -0.25) is 0 Å². The Kier molecular flexibility index (Phi) is 20.0. The summed E-state index contributed by atoms with van der Waals surface area (Å²) in [6, 6.07) is 10.4. The van der Waals surface area contributed by atoms with E-state index in [9.17, 15) is 0 Å². The van der Waals surface area contributed by atoms with Gasteiger partial charge in [0.15, 0.2) is 0 Å². The van der Waals surface area contributed by atoms with Gasteiger partial charge in [0.05, 0.1) is 19.3 Å². The van der Waals surface area contributed by atoms with Gasteiger partial charge in [0.25, 0.3) is 0 Å². The van der Waals surface area contributed by atoms with Gasteiger partial charge >= 0.3 is 0 Å². The van der Waals surface area contributed by atoms with Crippen LogP contribution in [0.15, 0.2) is 30.3 Å². The van der Waals surface area contributed by atoms with E-state index in [0.29, 0.717) is 6.61 Å². The lowest BCUT2D eigenvalue weighted by molar-refractivity contribution is -0.0269. The lowest BCUT2D eigenvalue weighted by atomic mass is 10.0. The highest BCUT2D eigenvalue weighted by molar-refractivity contribution is 5.13. The molecule has 2 nitrogen and oxygen atoms in total. The van der Waals surface area contributed by atoms with E-state index in [1.54, 1.807) is 0 Å². The fourth-order valence-corrected chi connectivity index (χ4v) is 4.16. The quantitative estimate of drug-likeness (QED) is 0.156. The molecular weight excluding hydrogens is 392 g/mol. The van der Waals surface area contributed by atoms with Gasteiger partial charge in [0.2, 0.25) is 0 Å². The summed E-state index contributed by atoms with van der Waals surface area (Å²) in [6.45, 7) is 9.13. The summed E-state index contributed by atoms with van der Waals surface area (Å²) in [5.41, 5.74) is 1.23. The molecule has 0 aliphatic heterocycles. The van der Waals surface area contributed by atoms with Crippen LogP contribution < -0.4 is 0 Å². The van der Waals surface area contributed by atoms with Gasteiger partial charge in [-0.15, -0.1) is 0 Å². The maximum Gasteiger partial charge on any atom is 0.0810 e. The summed E-state index contributed by atoms with van der Waals surface area (Å²) in [7, 11) is 0. The Morgan fingerprint density at radius 3 is 1.66 bits per heavy atom. The van der Waals surface area contributed by atoms with Crippen molar-refractivity contribution in [1.82, 2.24) is 0 Å². The molecule has 1 atom stereocenters. The molecule has 0 heterocycles. The third kappa shape index (κ3) is 18.7. The fraction of sp³-hybridized carbons (Fsp3) is 0.800. The summed E-state index contributed by atoms with van der Waals surface area (Å²) in [5.74, 6) is 0.882. The molecule has 0 amide bonds. The Morgan fingerprint density at radius 2 is 1.16 bits per heavy atom. The smallest absolute Gasteiger partial charge is 0.0810 e. The molecule has 32 heavy (non-hydrogen) atoms. The Hall–Kier alpha value is -0.860. The number of hydrogen-bond acceptors (Lipinski definition) is 2. The lowest BCUT2D eigenvalue weighted by Gasteiger charge is -2.16. The zero-order valence-corrected chi connectivity index (χ0v) is 21.8. The number of hydrogen-bond donors (Lipinski definition) is 0. The average molecular weight is 447 g/mol.